The summed E-state index contributed by atoms with van der Waals surface area (Å²) in [4.78, 5) is 26.3. The third-order valence-corrected chi connectivity index (χ3v) is 5.81. The summed E-state index contributed by atoms with van der Waals surface area (Å²) in [6.07, 6.45) is 0. The highest BCUT2D eigenvalue weighted by atomic mass is 19.1. The van der Waals surface area contributed by atoms with Crippen LogP contribution in [0.2, 0.25) is 0 Å². The SMILES string of the molecule is Cc1nn(-c2ccccc2)c2c1[C@@H](c1cccc(F)c1)[C@H](NC(=O)c1ccccc1)C(=O)N2. The molecular weight excluding hydrogens is 419 g/mol. The smallest absolute Gasteiger partial charge is 0.251 e. The van der Waals surface area contributed by atoms with E-state index in [2.05, 4.69) is 15.7 Å². The van der Waals surface area contributed by atoms with E-state index < -0.39 is 23.7 Å². The molecule has 164 valence electrons. The van der Waals surface area contributed by atoms with Crippen LogP contribution in [0.4, 0.5) is 10.2 Å². The van der Waals surface area contributed by atoms with Gasteiger partial charge in [-0.2, -0.15) is 5.10 Å². The lowest BCUT2D eigenvalue weighted by atomic mass is 9.81. The maximum absolute atomic E-state index is 14.2. The molecule has 0 unspecified atom stereocenters. The minimum absolute atomic E-state index is 0.381. The van der Waals surface area contributed by atoms with Crippen LogP contribution in [0.5, 0.6) is 0 Å². The van der Waals surface area contributed by atoms with Crippen LogP contribution in [0.15, 0.2) is 84.9 Å². The molecule has 0 saturated heterocycles. The van der Waals surface area contributed by atoms with E-state index in [0.717, 1.165) is 11.3 Å². The maximum Gasteiger partial charge on any atom is 0.251 e. The fraction of sp³-hybridized carbons (Fsp3) is 0.115. The summed E-state index contributed by atoms with van der Waals surface area (Å²) in [6.45, 7) is 1.85. The molecule has 0 bridgehead atoms. The van der Waals surface area contributed by atoms with Crippen LogP contribution in [0.1, 0.15) is 33.1 Å². The molecule has 2 N–H and O–H groups in total. The van der Waals surface area contributed by atoms with Crippen molar-refractivity contribution < 1.29 is 14.0 Å². The van der Waals surface area contributed by atoms with E-state index >= 15 is 0 Å². The summed E-state index contributed by atoms with van der Waals surface area (Å²) in [5.74, 6) is -1.29. The van der Waals surface area contributed by atoms with Gasteiger partial charge in [0.25, 0.3) is 5.91 Å². The quantitative estimate of drug-likeness (QED) is 0.499. The van der Waals surface area contributed by atoms with Gasteiger partial charge in [-0.05, 0) is 48.9 Å². The second kappa shape index (κ2) is 8.35. The lowest BCUT2D eigenvalue weighted by Gasteiger charge is -2.32. The van der Waals surface area contributed by atoms with E-state index in [1.54, 1.807) is 41.1 Å². The van der Waals surface area contributed by atoms with Crippen molar-refractivity contribution in [3.8, 4) is 5.69 Å². The van der Waals surface area contributed by atoms with E-state index in [-0.39, 0.29) is 5.91 Å². The molecule has 3 aromatic carbocycles. The highest BCUT2D eigenvalue weighted by Gasteiger charge is 2.42. The number of carbonyl (C=O) groups is 2. The third-order valence-electron chi connectivity index (χ3n) is 5.81. The predicted octanol–water partition coefficient (Wildman–Crippen LogP) is 4.20. The van der Waals surface area contributed by atoms with Gasteiger partial charge in [-0.3, -0.25) is 9.59 Å². The van der Waals surface area contributed by atoms with Gasteiger partial charge in [0.1, 0.15) is 17.7 Å². The number of hydrogen-bond acceptors (Lipinski definition) is 3. The lowest BCUT2D eigenvalue weighted by molar-refractivity contribution is -0.118. The summed E-state index contributed by atoms with van der Waals surface area (Å²) in [7, 11) is 0. The Morgan fingerprint density at radius 2 is 1.70 bits per heavy atom. The van der Waals surface area contributed by atoms with E-state index in [1.165, 1.54) is 12.1 Å². The average molecular weight is 440 g/mol. The molecule has 5 rings (SSSR count). The Morgan fingerprint density at radius 3 is 2.39 bits per heavy atom. The van der Waals surface area contributed by atoms with Crippen LogP contribution in [0.3, 0.4) is 0 Å². The van der Waals surface area contributed by atoms with E-state index in [0.29, 0.717) is 22.6 Å². The summed E-state index contributed by atoms with van der Waals surface area (Å²) in [5, 5.41) is 10.4. The van der Waals surface area contributed by atoms with E-state index in [1.807, 2.05) is 43.3 Å². The highest BCUT2D eigenvalue weighted by molar-refractivity contribution is 6.04. The molecule has 1 aliphatic rings. The Bertz CT molecular complexity index is 1340. The number of rotatable bonds is 4. The van der Waals surface area contributed by atoms with Crippen LogP contribution < -0.4 is 10.6 Å². The van der Waals surface area contributed by atoms with Crippen molar-refractivity contribution in [2.24, 2.45) is 0 Å². The molecule has 0 saturated carbocycles. The minimum atomic E-state index is -0.945. The average Bonchev–Trinajstić information content (AvgIpc) is 3.16. The van der Waals surface area contributed by atoms with Crippen molar-refractivity contribution in [2.45, 2.75) is 18.9 Å². The number of nitrogens with zero attached hydrogens (tertiary/aromatic N) is 2. The van der Waals surface area contributed by atoms with Crippen LogP contribution in [-0.2, 0) is 4.79 Å². The van der Waals surface area contributed by atoms with Crippen LogP contribution in [-0.4, -0.2) is 27.6 Å². The number of benzene rings is 3. The summed E-state index contributed by atoms with van der Waals surface area (Å²) >= 11 is 0. The molecule has 2 heterocycles. The molecular formula is C26H21FN4O2. The van der Waals surface area contributed by atoms with Crippen molar-refractivity contribution in [1.29, 1.82) is 0 Å². The fourth-order valence-corrected chi connectivity index (χ4v) is 4.32. The molecule has 7 heteroatoms. The summed E-state index contributed by atoms with van der Waals surface area (Å²) in [6, 6.07) is 23.3. The molecule has 6 nitrogen and oxygen atoms in total. The van der Waals surface area contributed by atoms with Crippen molar-refractivity contribution in [2.75, 3.05) is 5.32 Å². The Balaban J connectivity index is 1.64. The maximum atomic E-state index is 14.2. The monoisotopic (exact) mass is 440 g/mol. The van der Waals surface area contributed by atoms with Gasteiger partial charge >= 0.3 is 0 Å². The van der Waals surface area contributed by atoms with Crippen molar-refractivity contribution in [3.05, 3.63) is 113 Å². The number of hydrogen-bond donors (Lipinski definition) is 2. The summed E-state index contributed by atoms with van der Waals surface area (Å²) < 4.78 is 15.9. The standard InChI is InChI=1S/C26H21FN4O2/c1-16-21-22(18-11-8-12-19(27)15-18)23(28-25(32)17-9-4-2-5-10-17)26(33)29-24(21)31(30-16)20-13-6-3-7-14-20/h2-15,22-23H,1H3,(H,28,32)(H,29,33)/t22-,23+/m1/s1. The number of halogens is 1. The zero-order valence-electron chi connectivity index (χ0n) is 17.8. The Hall–Kier alpha value is -4.26. The van der Waals surface area contributed by atoms with Crippen LogP contribution in [0.25, 0.3) is 5.69 Å². The molecule has 1 aliphatic heterocycles. The molecule has 2 atom stereocenters. The second-order valence-corrected chi connectivity index (χ2v) is 7.93. The molecule has 2 amide bonds. The number of fused-ring (bicyclic) bond motifs is 1. The number of para-hydroxylation sites is 1. The molecule has 0 radical (unpaired) electrons. The van der Waals surface area contributed by atoms with Crippen molar-refractivity contribution in [1.82, 2.24) is 15.1 Å². The Labute approximate surface area is 190 Å². The first kappa shape index (κ1) is 20.6. The summed E-state index contributed by atoms with van der Waals surface area (Å²) in [5.41, 5.74) is 3.22. The van der Waals surface area contributed by atoms with Crippen LogP contribution >= 0.6 is 0 Å². The van der Waals surface area contributed by atoms with Gasteiger partial charge in [0.2, 0.25) is 5.91 Å². The number of aromatic nitrogens is 2. The first-order valence-electron chi connectivity index (χ1n) is 10.6. The number of aryl methyl sites for hydroxylation is 1. The molecule has 0 aliphatic carbocycles. The normalized spacial score (nSPS) is 17.2. The number of amides is 2. The van der Waals surface area contributed by atoms with Gasteiger partial charge in [-0.1, -0.05) is 48.5 Å². The first-order valence-corrected chi connectivity index (χ1v) is 10.6. The topological polar surface area (TPSA) is 76.0 Å². The van der Waals surface area contributed by atoms with E-state index in [4.69, 9.17) is 0 Å². The number of nitrogens with one attached hydrogen (secondary N) is 2. The zero-order valence-corrected chi connectivity index (χ0v) is 17.8. The zero-order chi connectivity index (χ0) is 22.9. The number of carbonyl (C=O) groups excluding carboxylic acids is 2. The predicted molar refractivity (Wildman–Crippen MR) is 123 cm³/mol. The lowest BCUT2D eigenvalue weighted by Crippen LogP contribution is -2.50. The number of anilines is 1. The van der Waals surface area contributed by atoms with Crippen molar-refractivity contribution in [3.63, 3.8) is 0 Å². The Morgan fingerprint density at radius 1 is 1.00 bits per heavy atom. The molecule has 0 spiro atoms. The van der Waals surface area contributed by atoms with Gasteiger partial charge in [-0.25, -0.2) is 9.07 Å². The molecule has 4 aromatic rings. The van der Waals surface area contributed by atoms with Crippen LogP contribution in [0, 0.1) is 12.7 Å². The fourth-order valence-electron chi connectivity index (χ4n) is 4.32. The van der Waals surface area contributed by atoms with Crippen molar-refractivity contribution >= 4 is 17.6 Å². The third kappa shape index (κ3) is 3.78. The largest absolute Gasteiger partial charge is 0.339 e. The van der Waals surface area contributed by atoms with Gasteiger partial charge in [0, 0.05) is 17.0 Å². The Kier molecular flexibility index (Phi) is 5.22. The van der Waals surface area contributed by atoms with Gasteiger partial charge in [0.15, 0.2) is 0 Å². The van der Waals surface area contributed by atoms with E-state index in [9.17, 15) is 14.0 Å². The van der Waals surface area contributed by atoms with Gasteiger partial charge in [-0.15, -0.1) is 0 Å². The minimum Gasteiger partial charge on any atom is -0.339 e. The molecule has 0 fully saturated rings. The van der Waals surface area contributed by atoms with Gasteiger partial charge < -0.3 is 10.6 Å². The molecule has 1 aromatic heterocycles. The highest BCUT2D eigenvalue weighted by Crippen LogP contribution is 2.40. The van der Waals surface area contributed by atoms with Gasteiger partial charge in [0.05, 0.1) is 11.4 Å². The second-order valence-electron chi connectivity index (χ2n) is 7.93. The molecule has 33 heavy (non-hydrogen) atoms. The first-order chi connectivity index (χ1) is 16.0.